The van der Waals surface area contributed by atoms with Crippen LogP contribution in [-0.4, -0.2) is 33.6 Å². The van der Waals surface area contributed by atoms with E-state index in [0.29, 0.717) is 11.5 Å². The maximum atomic E-state index is 10.9. The number of aromatic nitrogens is 1. The molecule has 1 aliphatic rings. The number of benzene rings is 1. The summed E-state index contributed by atoms with van der Waals surface area (Å²) in [5.74, 6) is -0.284. The molecule has 1 unspecified atom stereocenters. The zero-order valence-electron chi connectivity index (χ0n) is 14.5. The monoisotopic (exact) mass is 337 g/mol. The summed E-state index contributed by atoms with van der Waals surface area (Å²) in [4.78, 5) is 13.4. The number of nitriles is 1. The van der Waals surface area contributed by atoms with Crippen molar-refractivity contribution in [2.45, 2.75) is 32.9 Å². The number of rotatable bonds is 6. The van der Waals surface area contributed by atoms with Crippen molar-refractivity contribution in [2.75, 3.05) is 13.1 Å². The van der Waals surface area contributed by atoms with Crippen molar-refractivity contribution in [3.63, 3.8) is 0 Å². The van der Waals surface area contributed by atoms with Crippen molar-refractivity contribution >= 4 is 5.97 Å². The van der Waals surface area contributed by atoms with E-state index in [-0.39, 0.29) is 0 Å². The lowest BCUT2D eigenvalue weighted by molar-refractivity contribution is 0.0697. The van der Waals surface area contributed by atoms with Gasteiger partial charge >= 0.3 is 5.97 Å². The first-order valence-corrected chi connectivity index (χ1v) is 8.72. The molecular formula is C20H23N3O2. The number of carboxylic acids is 1. The molecule has 5 heteroatoms. The number of aryl methyl sites for hydroxylation is 1. The Balaban J connectivity index is 1.56. The molecule has 0 aliphatic carbocycles. The van der Waals surface area contributed by atoms with E-state index in [1.165, 1.54) is 11.1 Å². The third-order valence-electron chi connectivity index (χ3n) is 4.91. The van der Waals surface area contributed by atoms with Gasteiger partial charge in [0.05, 0.1) is 5.56 Å². The molecular weight excluding hydrogens is 314 g/mol. The molecule has 0 radical (unpaired) electrons. The molecule has 1 saturated heterocycles. The number of nitrogens with zero attached hydrogens (tertiary/aromatic N) is 3. The Morgan fingerprint density at radius 1 is 1.32 bits per heavy atom. The van der Waals surface area contributed by atoms with Crippen LogP contribution in [0.3, 0.4) is 0 Å². The van der Waals surface area contributed by atoms with Crippen molar-refractivity contribution < 1.29 is 9.90 Å². The molecule has 25 heavy (non-hydrogen) atoms. The Kier molecular flexibility index (Phi) is 5.20. The molecule has 1 aromatic carbocycles. The zero-order chi connectivity index (χ0) is 17.8. The van der Waals surface area contributed by atoms with Crippen molar-refractivity contribution in [3.05, 3.63) is 58.9 Å². The van der Waals surface area contributed by atoms with Crippen LogP contribution in [0.2, 0.25) is 0 Å². The number of carboxylic acid groups (broad SMARTS) is 1. The highest BCUT2D eigenvalue weighted by atomic mass is 16.4. The summed E-state index contributed by atoms with van der Waals surface area (Å²) < 4.78 is 1.99. The molecule has 1 fully saturated rings. The Morgan fingerprint density at radius 2 is 2.08 bits per heavy atom. The molecule has 1 atom stereocenters. The number of aromatic carboxylic acids is 1. The van der Waals surface area contributed by atoms with Gasteiger partial charge in [-0.15, -0.1) is 0 Å². The standard InChI is InChI=1S/C20H23N3O2/c1-2-23-14-17(10-19(23)11-21)13-22-8-7-16(12-22)9-15-3-5-18(6-4-15)20(24)25/h3-6,10,14,16H,2,7-9,12-13H2,1H3,(H,24,25). The van der Waals surface area contributed by atoms with Crippen LogP contribution in [0.4, 0.5) is 0 Å². The average molecular weight is 337 g/mol. The SMILES string of the molecule is CCn1cc(CN2CCC(Cc3ccc(C(=O)O)cc3)C2)cc1C#N. The minimum absolute atomic E-state index is 0.338. The Labute approximate surface area is 148 Å². The van der Waals surface area contributed by atoms with Gasteiger partial charge in [-0.1, -0.05) is 12.1 Å². The summed E-state index contributed by atoms with van der Waals surface area (Å²) >= 11 is 0. The predicted molar refractivity (Wildman–Crippen MR) is 95.3 cm³/mol. The summed E-state index contributed by atoms with van der Waals surface area (Å²) in [6.07, 6.45) is 4.21. The van der Waals surface area contributed by atoms with Crippen molar-refractivity contribution in [1.82, 2.24) is 9.47 Å². The third kappa shape index (κ3) is 4.09. The summed E-state index contributed by atoms with van der Waals surface area (Å²) in [7, 11) is 0. The van der Waals surface area contributed by atoms with Crippen LogP contribution in [0.25, 0.3) is 0 Å². The van der Waals surface area contributed by atoms with Gasteiger partial charge < -0.3 is 9.67 Å². The fourth-order valence-electron chi connectivity index (χ4n) is 3.61. The van der Waals surface area contributed by atoms with Gasteiger partial charge in [0, 0.05) is 25.8 Å². The van der Waals surface area contributed by atoms with E-state index < -0.39 is 5.97 Å². The molecule has 0 amide bonds. The van der Waals surface area contributed by atoms with Gasteiger partial charge in [-0.3, -0.25) is 4.90 Å². The van der Waals surface area contributed by atoms with Crippen molar-refractivity contribution in [1.29, 1.82) is 5.26 Å². The van der Waals surface area contributed by atoms with Gasteiger partial charge in [-0.2, -0.15) is 5.26 Å². The smallest absolute Gasteiger partial charge is 0.335 e. The molecule has 0 bridgehead atoms. The van der Waals surface area contributed by atoms with E-state index in [0.717, 1.165) is 44.7 Å². The molecule has 2 aromatic rings. The molecule has 1 aromatic heterocycles. The first kappa shape index (κ1) is 17.2. The van der Waals surface area contributed by atoms with Gasteiger partial charge in [0.15, 0.2) is 0 Å². The van der Waals surface area contributed by atoms with Gasteiger partial charge in [0.25, 0.3) is 0 Å². The lowest BCUT2D eigenvalue weighted by Gasteiger charge is -2.15. The van der Waals surface area contributed by atoms with Crippen LogP contribution in [0.5, 0.6) is 0 Å². The molecule has 0 spiro atoms. The Hall–Kier alpha value is -2.58. The maximum absolute atomic E-state index is 10.9. The molecule has 130 valence electrons. The summed E-state index contributed by atoms with van der Waals surface area (Å²) in [6.45, 7) is 5.86. The number of hydrogen-bond acceptors (Lipinski definition) is 3. The normalized spacial score (nSPS) is 17.5. The number of hydrogen-bond donors (Lipinski definition) is 1. The van der Waals surface area contributed by atoms with E-state index in [1.807, 2.05) is 29.7 Å². The average Bonchev–Trinajstić information content (AvgIpc) is 3.22. The first-order chi connectivity index (χ1) is 12.1. The van der Waals surface area contributed by atoms with Gasteiger partial charge in [-0.05, 0) is 61.6 Å². The van der Waals surface area contributed by atoms with E-state index >= 15 is 0 Å². The molecule has 1 aliphatic heterocycles. The van der Waals surface area contributed by atoms with Crippen molar-refractivity contribution in [3.8, 4) is 6.07 Å². The quantitative estimate of drug-likeness (QED) is 0.879. The molecule has 0 saturated carbocycles. The minimum Gasteiger partial charge on any atom is -0.478 e. The highest BCUT2D eigenvalue weighted by Gasteiger charge is 2.23. The van der Waals surface area contributed by atoms with E-state index in [4.69, 9.17) is 10.4 Å². The molecule has 5 nitrogen and oxygen atoms in total. The summed E-state index contributed by atoms with van der Waals surface area (Å²) in [5, 5.41) is 18.1. The maximum Gasteiger partial charge on any atom is 0.335 e. The second kappa shape index (κ2) is 7.54. The van der Waals surface area contributed by atoms with Crippen LogP contribution >= 0.6 is 0 Å². The minimum atomic E-state index is -0.880. The largest absolute Gasteiger partial charge is 0.478 e. The van der Waals surface area contributed by atoms with Crippen LogP contribution < -0.4 is 0 Å². The van der Waals surface area contributed by atoms with Gasteiger partial charge in [0.2, 0.25) is 0 Å². The van der Waals surface area contributed by atoms with Crippen LogP contribution in [0.1, 0.15) is 40.5 Å². The van der Waals surface area contributed by atoms with E-state index in [9.17, 15) is 4.79 Å². The number of likely N-dealkylation sites (tertiary alicyclic amines) is 1. The second-order valence-corrected chi connectivity index (χ2v) is 6.73. The zero-order valence-corrected chi connectivity index (χ0v) is 14.5. The lowest BCUT2D eigenvalue weighted by Crippen LogP contribution is -2.20. The fourth-order valence-corrected chi connectivity index (χ4v) is 3.61. The van der Waals surface area contributed by atoms with Crippen molar-refractivity contribution in [2.24, 2.45) is 5.92 Å². The molecule has 1 N–H and O–H groups in total. The fraction of sp³-hybridized carbons (Fsp3) is 0.400. The highest BCUT2D eigenvalue weighted by molar-refractivity contribution is 5.87. The van der Waals surface area contributed by atoms with Gasteiger partial charge in [-0.25, -0.2) is 4.79 Å². The van der Waals surface area contributed by atoms with Crippen LogP contribution in [0, 0.1) is 17.2 Å². The topological polar surface area (TPSA) is 69.3 Å². The van der Waals surface area contributed by atoms with E-state index in [1.54, 1.807) is 12.1 Å². The Morgan fingerprint density at radius 3 is 2.68 bits per heavy atom. The summed E-state index contributed by atoms with van der Waals surface area (Å²) in [6, 6.07) is 11.4. The highest BCUT2D eigenvalue weighted by Crippen LogP contribution is 2.23. The Bertz CT molecular complexity index is 786. The predicted octanol–water partition coefficient (Wildman–Crippen LogP) is 3.14. The summed E-state index contributed by atoms with van der Waals surface area (Å²) in [5.41, 5.74) is 3.46. The van der Waals surface area contributed by atoms with Crippen LogP contribution in [-0.2, 0) is 19.5 Å². The molecule has 2 heterocycles. The first-order valence-electron chi connectivity index (χ1n) is 8.72. The number of carbonyl (C=O) groups is 1. The lowest BCUT2D eigenvalue weighted by atomic mass is 9.98. The van der Waals surface area contributed by atoms with Gasteiger partial charge in [0.1, 0.15) is 11.8 Å². The molecule has 3 rings (SSSR count). The van der Waals surface area contributed by atoms with E-state index in [2.05, 4.69) is 17.2 Å². The third-order valence-corrected chi connectivity index (χ3v) is 4.91. The second-order valence-electron chi connectivity index (χ2n) is 6.73. The van der Waals surface area contributed by atoms with Crippen LogP contribution in [0.15, 0.2) is 36.5 Å².